The highest BCUT2D eigenvalue weighted by molar-refractivity contribution is 9.10. The van der Waals surface area contributed by atoms with Crippen molar-refractivity contribution in [2.75, 3.05) is 25.1 Å². The lowest BCUT2D eigenvalue weighted by Gasteiger charge is -2.40. The van der Waals surface area contributed by atoms with Gasteiger partial charge in [0.25, 0.3) is 0 Å². The van der Waals surface area contributed by atoms with Gasteiger partial charge in [-0.3, -0.25) is 0 Å². The second-order valence-corrected chi connectivity index (χ2v) is 6.68. The standard InChI is InChI=1S/C16H23BrN2O/c1-11(18-2)12-6-7-14(13(17)10-12)19-8-9-20-16-5-3-4-15(16)19/h6-7,10-11,15-16,18H,3-5,8-9H2,1-2H3. The Morgan fingerprint density at radius 1 is 1.40 bits per heavy atom. The molecule has 3 nitrogen and oxygen atoms in total. The Hall–Kier alpha value is -0.580. The number of nitrogens with zero attached hydrogens (tertiary/aromatic N) is 1. The van der Waals surface area contributed by atoms with Crippen LogP contribution in [0.5, 0.6) is 0 Å². The number of hydrogen-bond acceptors (Lipinski definition) is 3. The van der Waals surface area contributed by atoms with Gasteiger partial charge in [0.05, 0.1) is 24.4 Å². The van der Waals surface area contributed by atoms with E-state index >= 15 is 0 Å². The van der Waals surface area contributed by atoms with Crippen molar-refractivity contribution in [2.45, 2.75) is 44.4 Å². The van der Waals surface area contributed by atoms with Crippen LogP contribution in [0.3, 0.4) is 0 Å². The van der Waals surface area contributed by atoms with Gasteiger partial charge in [0.15, 0.2) is 0 Å². The van der Waals surface area contributed by atoms with Gasteiger partial charge in [0, 0.05) is 17.1 Å². The highest BCUT2D eigenvalue weighted by atomic mass is 79.9. The second kappa shape index (κ2) is 6.04. The van der Waals surface area contributed by atoms with E-state index in [-0.39, 0.29) is 0 Å². The Bertz CT molecular complexity index is 480. The first kappa shape index (κ1) is 14.4. The Labute approximate surface area is 129 Å². The maximum atomic E-state index is 5.91. The molecule has 1 N–H and O–H groups in total. The Morgan fingerprint density at radius 2 is 2.25 bits per heavy atom. The van der Waals surface area contributed by atoms with Crippen molar-refractivity contribution in [1.82, 2.24) is 5.32 Å². The number of rotatable bonds is 3. The third kappa shape index (κ3) is 2.61. The van der Waals surface area contributed by atoms with E-state index < -0.39 is 0 Å². The van der Waals surface area contributed by atoms with Crippen molar-refractivity contribution in [3.8, 4) is 0 Å². The van der Waals surface area contributed by atoms with Crippen LogP contribution in [0.1, 0.15) is 37.8 Å². The van der Waals surface area contributed by atoms with Crippen molar-refractivity contribution >= 4 is 21.6 Å². The lowest BCUT2D eigenvalue weighted by Crippen LogP contribution is -2.48. The molecule has 4 heteroatoms. The quantitative estimate of drug-likeness (QED) is 0.912. The molecular formula is C16H23BrN2O. The van der Waals surface area contributed by atoms with Gasteiger partial charge in [-0.15, -0.1) is 0 Å². The molecule has 1 aliphatic carbocycles. The minimum absolute atomic E-state index is 0.379. The average molecular weight is 339 g/mol. The number of ether oxygens (including phenoxy) is 1. The van der Waals surface area contributed by atoms with E-state index in [0.717, 1.165) is 13.2 Å². The fourth-order valence-corrected chi connectivity index (χ4v) is 4.04. The van der Waals surface area contributed by atoms with Crippen LogP contribution >= 0.6 is 15.9 Å². The predicted octanol–water partition coefficient (Wildman–Crippen LogP) is 3.49. The molecule has 3 rings (SSSR count). The maximum absolute atomic E-state index is 5.91. The number of halogens is 1. The number of benzene rings is 1. The third-order valence-corrected chi connectivity index (χ3v) is 5.33. The Balaban J connectivity index is 1.86. The lowest BCUT2D eigenvalue weighted by molar-refractivity contribution is 0.0256. The smallest absolute Gasteiger partial charge is 0.0779 e. The topological polar surface area (TPSA) is 24.5 Å². The third-order valence-electron chi connectivity index (χ3n) is 4.70. The zero-order valence-corrected chi connectivity index (χ0v) is 13.8. The highest BCUT2D eigenvalue weighted by Gasteiger charge is 2.36. The summed E-state index contributed by atoms with van der Waals surface area (Å²) in [5, 5.41) is 3.29. The molecule has 0 spiro atoms. The van der Waals surface area contributed by atoms with Crippen molar-refractivity contribution in [3.63, 3.8) is 0 Å². The molecule has 3 atom stereocenters. The maximum Gasteiger partial charge on any atom is 0.0779 e. The van der Waals surface area contributed by atoms with Gasteiger partial charge in [-0.2, -0.15) is 0 Å². The molecule has 1 saturated carbocycles. The van der Waals surface area contributed by atoms with E-state index in [2.05, 4.69) is 51.3 Å². The molecule has 1 aromatic carbocycles. The zero-order valence-electron chi connectivity index (χ0n) is 12.2. The molecule has 0 aromatic heterocycles. The van der Waals surface area contributed by atoms with Crippen molar-refractivity contribution in [1.29, 1.82) is 0 Å². The largest absolute Gasteiger partial charge is 0.374 e. The van der Waals surface area contributed by atoms with E-state index in [1.54, 1.807) is 0 Å². The SMILES string of the molecule is CNC(C)c1ccc(N2CCOC3CCCC32)c(Br)c1. The summed E-state index contributed by atoms with van der Waals surface area (Å²) in [7, 11) is 2.00. The summed E-state index contributed by atoms with van der Waals surface area (Å²) >= 11 is 3.77. The van der Waals surface area contributed by atoms with Gasteiger partial charge in [-0.05, 0) is 66.9 Å². The van der Waals surface area contributed by atoms with E-state index in [0.29, 0.717) is 18.2 Å². The molecule has 0 bridgehead atoms. The first-order valence-electron chi connectivity index (χ1n) is 7.55. The second-order valence-electron chi connectivity index (χ2n) is 5.82. The van der Waals surface area contributed by atoms with E-state index in [4.69, 9.17) is 4.74 Å². The van der Waals surface area contributed by atoms with E-state index in [1.165, 1.54) is 35.0 Å². The van der Waals surface area contributed by atoms with Crippen molar-refractivity contribution in [3.05, 3.63) is 28.2 Å². The van der Waals surface area contributed by atoms with Gasteiger partial charge >= 0.3 is 0 Å². The van der Waals surface area contributed by atoms with E-state index in [9.17, 15) is 0 Å². The van der Waals surface area contributed by atoms with Gasteiger partial charge in [0.1, 0.15) is 0 Å². The molecule has 2 fully saturated rings. The molecule has 1 aromatic rings. The van der Waals surface area contributed by atoms with E-state index in [1.807, 2.05) is 7.05 Å². The molecule has 1 aliphatic heterocycles. The number of morpholine rings is 1. The predicted molar refractivity (Wildman–Crippen MR) is 86.3 cm³/mol. The summed E-state index contributed by atoms with van der Waals surface area (Å²) in [4.78, 5) is 2.54. The van der Waals surface area contributed by atoms with Crippen molar-refractivity contribution < 1.29 is 4.74 Å². The van der Waals surface area contributed by atoms with Crippen LogP contribution in [0.25, 0.3) is 0 Å². The summed E-state index contributed by atoms with van der Waals surface area (Å²) in [5.74, 6) is 0. The molecule has 110 valence electrons. The number of nitrogens with one attached hydrogen (secondary N) is 1. The first-order valence-corrected chi connectivity index (χ1v) is 8.35. The fourth-order valence-electron chi connectivity index (χ4n) is 3.42. The summed E-state index contributed by atoms with van der Waals surface area (Å²) in [6.07, 6.45) is 4.20. The van der Waals surface area contributed by atoms with Gasteiger partial charge in [-0.25, -0.2) is 0 Å². The molecule has 0 radical (unpaired) electrons. The molecule has 0 amide bonds. The molecule has 3 unspecified atom stereocenters. The number of hydrogen-bond donors (Lipinski definition) is 1. The van der Waals surface area contributed by atoms with Crippen LogP contribution < -0.4 is 10.2 Å². The molecular weight excluding hydrogens is 316 g/mol. The van der Waals surface area contributed by atoms with Gasteiger partial charge in [0.2, 0.25) is 0 Å². The molecule has 1 heterocycles. The van der Waals surface area contributed by atoms with Crippen LogP contribution in [0.2, 0.25) is 0 Å². The van der Waals surface area contributed by atoms with Gasteiger partial charge in [-0.1, -0.05) is 6.07 Å². The lowest BCUT2D eigenvalue weighted by atomic mass is 10.1. The summed E-state index contributed by atoms with van der Waals surface area (Å²) < 4.78 is 7.10. The summed E-state index contributed by atoms with van der Waals surface area (Å²) in [6, 6.07) is 7.68. The van der Waals surface area contributed by atoms with Crippen LogP contribution in [0.4, 0.5) is 5.69 Å². The zero-order chi connectivity index (χ0) is 14.1. The van der Waals surface area contributed by atoms with Gasteiger partial charge < -0.3 is 15.0 Å². The van der Waals surface area contributed by atoms with Crippen LogP contribution in [-0.2, 0) is 4.74 Å². The highest BCUT2D eigenvalue weighted by Crippen LogP contribution is 2.37. The summed E-state index contributed by atoms with van der Waals surface area (Å²) in [6.45, 7) is 4.03. The number of anilines is 1. The molecule has 1 saturated heterocycles. The minimum Gasteiger partial charge on any atom is -0.374 e. The Kier molecular flexibility index (Phi) is 4.34. The Morgan fingerprint density at radius 3 is 3.00 bits per heavy atom. The van der Waals surface area contributed by atoms with Crippen LogP contribution in [0.15, 0.2) is 22.7 Å². The molecule has 20 heavy (non-hydrogen) atoms. The van der Waals surface area contributed by atoms with Crippen LogP contribution in [-0.4, -0.2) is 32.3 Å². The fraction of sp³-hybridized carbons (Fsp3) is 0.625. The average Bonchev–Trinajstić information content (AvgIpc) is 2.95. The minimum atomic E-state index is 0.379. The number of fused-ring (bicyclic) bond motifs is 1. The first-order chi connectivity index (χ1) is 9.70. The normalized spacial score (nSPS) is 27.4. The van der Waals surface area contributed by atoms with Crippen molar-refractivity contribution in [2.24, 2.45) is 0 Å². The summed E-state index contributed by atoms with van der Waals surface area (Å²) in [5.41, 5.74) is 2.64. The van der Waals surface area contributed by atoms with Crippen LogP contribution in [0, 0.1) is 0 Å². The molecule has 2 aliphatic rings. The monoisotopic (exact) mass is 338 g/mol.